The summed E-state index contributed by atoms with van der Waals surface area (Å²) in [5.41, 5.74) is 1.31. The van der Waals surface area contributed by atoms with Gasteiger partial charge in [-0.25, -0.2) is 0 Å². The summed E-state index contributed by atoms with van der Waals surface area (Å²) in [6.07, 6.45) is 15.5. The zero-order chi connectivity index (χ0) is 17.6. The molecule has 0 aliphatic heterocycles. The first-order valence-electron chi connectivity index (χ1n) is 9.93. The molecule has 1 N–H and O–H groups in total. The highest BCUT2D eigenvalue weighted by molar-refractivity contribution is 5.66. The van der Waals surface area contributed by atoms with Crippen molar-refractivity contribution in [3.63, 3.8) is 0 Å². The topological polar surface area (TPSA) is 50.4 Å². The number of hydrogen-bond donors (Lipinski definition) is 1. The minimum Gasteiger partial charge on any atom is -0.481 e. The van der Waals surface area contributed by atoms with Gasteiger partial charge in [-0.05, 0) is 37.8 Å². The molecule has 0 spiro atoms. The molecule has 24 heavy (non-hydrogen) atoms. The molecule has 0 atom stereocenters. The number of carbonyl (C=O) groups is 1. The van der Waals surface area contributed by atoms with Gasteiger partial charge in [0.25, 0.3) is 0 Å². The molecule has 0 saturated heterocycles. The van der Waals surface area contributed by atoms with Crippen molar-refractivity contribution in [1.29, 1.82) is 0 Å². The number of carboxylic acids is 1. The first kappa shape index (κ1) is 20.8. The minimum absolute atomic E-state index is 0.312. The van der Waals surface area contributed by atoms with Gasteiger partial charge < -0.3 is 9.52 Å². The average Bonchev–Trinajstić information content (AvgIpc) is 2.89. The molecule has 1 rings (SSSR count). The monoisotopic (exact) mass is 336 g/mol. The Hall–Kier alpha value is -1.25. The van der Waals surface area contributed by atoms with Crippen LogP contribution in [0.2, 0.25) is 0 Å². The molecule has 138 valence electrons. The van der Waals surface area contributed by atoms with Crippen molar-refractivity contribution in [2.24, 2.45) is 0 Å². The van der Waals surface area contributed by atoms with E-state index in [4.69, 9.17) is 9.52 Å². The van der Waals surface area contributed by atoms with Gasteiger partial charge in [-0.2, -0.15) is 0 Å². The van der Waals surface area contributed by atoms with Crippen LogP contribution in [-0.4, -0.2) is 11.1 Å². The second-order valence-electron chi connectivity index (χ2n) is 7.00. The van der Waals surface area contributed by atoms with Crippen LogP contribution in [0.5, 0.6) is 0 Å². The number of carboxylic acid groups (broad SMARTS) is 1. The third-order valence-electron chi connectivity index (χ3n) is 4.64. The van der Waals surface area contributed by atoms with Gasteiger partial charge in [0.2, 0.25) is 0 Å². The molecule has 0 saturated carbocycles. The van der Waals surface area contributed by atoms with E-state index in [0.29, 0.717) is 6.42 Å². The van der Waals surface area contributed by atoms with Crippen LogP contribution in [0.15, 0.2) is 10.5 Å². The fourth-order valence-electron chi connectivity index (χ4n) is 3.13. The summed E-state index contributed by atoms with van der Waals surface area (Å²) in [4.78, 5) is 10.4. The standard InChI is InChI=1S/C21H36O3/c1-3-4-5-8-12-15-20-18(2)17-19(24-20)14-11-9-6-7-10-13-16-21(22)23/h17H,3-16H2,1-2H3,(H,22,23). The maximum Gasteiger partial charge on any atom is 0.303 e. The first-order valence-corrected chi connectivity index (χ1v) is 9.93. The van der Waals surface area contributed by atoms with Crippen LogP contribution in [0.25, 0.3) is 0 Å². The van der Waals surface area contributed by atoms with Crippen molar-refractivity contribution < 1.29 is 14.3 Å². The van der Waals surface area contributed by atoms with E-state index in [2.05, 4.69) is 19.9 Å². The highest BCUT2D eigenvalue weighted by Crippen LogP contribution is 2.20. The Balaban J connectivity index is 2.09. The van der Waals surface area contributed by atoms with E-state index < -0.39 is 5.97 Å². The van der Waals surface area contributed by atoms with Crippen molar-refractivity contribution in [2.45, 2.75) is 104 Å². The number of furan rings is 1. The van der Waals surface area contributed by atoms with E-state index in [-0.39, 0.29) is 0 Å². The third-order valence-corrected chi connectivity index (χ3v) is 4.64. The molecule has 0 aromatic carbocycles. The van der Waals surface area contributed by atoms with Crippen molar-refractivity contribution in [1.82, 2.24) is 0 Å². The van der Waals surface area contributed by atoms with Gasteiger partial charge >= 0.3 is 5.97 Å². The van der Waals surface area contributed by atoms with Gasteiger partial charge in [-0.3, -0.25) is 4.79 Å². The van der Waals surface area contributed by atoms with E-state index in [1.807, 2.05) is 0 Å². The molecular weight excluding hydrogens is 300 g/mol. The second-order valence-corrected chi connectivity index (χ2v) is 7.00. The lowest BCUT2D eigenvalue weighted by Gasteiger charge is -2.01. The van der Waals surface area contributed by atoms with E-state index in [0.717, 1.165) is 37.9 Å². The Bertz CT molecular complexity index is 448. The summed E-state index contributed by atoms with van der Waals surface area (Å²) < 4.78 is 6.03. The Labute approximate surface area is 147 Å². The van der Waals surface area contributed by atoms with E-state index in [1.54, 1.807) is 0 Å². The zero-order valence-corrected chi connectivity index (χ0v) is 15.7. The minimum atomic E-state index is -0.677. The molecule has 1 aromatic heterocycles. The maximum absolute atomic E-state index is 10.4. The first-order chi connectivity index (χ1) is 11.6. The summed E-state index contributed by atoms with van der Waals surface area (Å²) in [6.45, 7) is 4.41. The third kappa shape index (κ3) is 9.79. The smallest absolute Gasteiger partial charge is 0.303 e. The lowest BCUT2D eigenvalue weighted by Crippen LogP contribution is -1.93. The van der Waals surface area contributed by atoms with Crippen LogP contribution < -0.4 is 0 Å². The SMILES string of the molecule is CCCCCCCc1oc(CCCCCCCCC(=O)O)cc1C. The Morgan fingerprint density at radius 1 is 0.917 bits per heavy atom. The van der Waals surface area contributed by atoms with Gasteiger partial charge in [-0.1, -0.05) is 58.3 Å². The van der Waals surface area contributed by atoms with Crippen LogP contribution >= 0.6 is 0 Å². The normalized spacial score (nSPS) is 11.1. The number of aryl methyl sites for hydroxylation is 3. The molecule has 1 heterocycles. The van der Waals surface area contributed by atoms with E-state index >= 15 is 0 Å². The van der Waals surface area contributed by atoms with Crippen molar-refractivity contribution in [3.05, 3.63) is 23.2 Å². The molecule has 0 bridgehead atoms. The van der Waals surface area contributed by atoms with Crippen LogP contribution in [0.3, 0.4) is 0 Å². The van der Waals surface area contributed by atoms with Gasteiger partial charge in [0.15, 0.2) is 0 Å². The highest BCUT2D eigenvalue weighted by Gasteiger charge is 2.07. The van der Waals surface area contributed by atoms with Gasteiger partial charge in [0, 0.05) is 19.3 Å². The fourth-order valence-corrected chi connectivity index (χ4v) is 3.13. The van der Waals surface area contributed by atoms with Crippen LogP contribution in [0, 0.1) is 6.92 Å². The average molecular weight is 337 g/mol. The van der Waals surface area contributed by atoms with E-state index in [9.17, 15) is 4.79 Å². The predicted molar refractivity (Wildman–Crippen MR) is 99.6 cm³/mol. The molecule has 0 radical (unpaired) electrons. The lowest BCUT2D eigenvalue weighted by atomic mass is 10.1. The number of rotatable bonds is 15. The number of hydrogen-bond acceptors (Lipinski definition) is 2. The molecule has 3 nitrogen and oxygen atoms in total. The molecule has 3 heteroatoms. The Morgan fingerprint density at radius 3 is 2.17 bits per heavy atom. The van der Waals surface area contributed by atoms with Gasteiger partial charge in [0.1, 0.15) is 11.5 Å². The fraction of sp³-hybridized carbons (Fsp3) is 0.762. The van der Waals surface area contributed by atoms with Crippen molar-refractivity contribution in [2.75, 3.05) is 0 Å². The largest absolute Gasteiger partial charge is 0.481 e. The highest BCUT2D eigenvalue weighted by atomic mass is 16.4. The summed E-state index contributed by atoms with van der Waals surface area (Å²) in [5, 5.41) is 8.59. The molecule has 0 aliphatic rings. The van der Waals surface area contributed by atoms with Crippen molar-refractivity contribution in [3.8, 4) is 0 Å². The number of unbranched alkanes of at least 4 members (excludes halogenated alkanes) is 9. The van der Waals surface area contributed by atoms with Crippen LogP contribution in [0.4, 0.5) is 0 Å². The molecule has 0 aliphatic carbocycles. The molecule has 0 amide bonds. The predicted octanol–water partition coefficient (Wildman–Crippen LogP) is 6.46. The summed E-state index contributed by atoms with van der Waals surface area (Å²) in [6, 6.07) is 2.22. The molecule has 0 fully saturated rings. The molecule has 1 aromatic rings. The molecule has 0 unspecified atom stereocenters. The van der Waals surface area contributed by atoms with Crippen LogP contribution in [0.1, 0.15) is 101 Å². The molecular formula is C21H36O3. The Kier molecular flexibility index (Phi) is 11.3. The summed E-state index contributed by atoms with van der Waals surface area (Å²) in [5.74, 6) is 1.65. The Morgan fingerprint density at radius 2 is 1.50 bits per heavy atom. The maximum atomic E-state index is 10.4. The van der Waals surface area contributed by atoms with Crippen LogP contribution in [-0.2, 0) is 17.6 Å². The number of aliphatic carboxylic acids is 1. The van der Waals surface area contributed by atoms with Gasteiger partial charge in [-0.15, -0.1) is 0 Å². The zero-order valence-electron chi connectivity index (χ0n) is 15.7. The van der Waals surface area contributed by atoms with E-state index in [1.165, 1.54) is 62.7 Å². The second kappa shape index (κ2) is 13.1. The van der Waals surface area contributed by atoms with Gasteiger partial charge in [0.05, 0.1) is 0 Å². The lowest BCUT2D eigenvalue weighted by molar-refractivity contribution is -0.137. The summed E-state index contributed by atoms with van der Waals surface area (Å²) in [7, 11) is 0. The quantitative estimate of drug-likeness (QED) is 0.374. The van der Waals surface area contributed by atoms with Crippen molar-refractivity contribution >= 4 is 5.97 Å². The summed E-state index contributed by atoms with van der Waals surface area (Å²) >= 11 is 0.